The smallest absolute Gasteiger partial charge is 0.326 e. The van der Waals surface area contributed by atoms with E-state index >= 15 is 0 Å². The molecule has 0 spiro atoms. The molecular formula is C14H19NO5. The second-order valence-electron chi connectivity index (χ2n) is 4.25. The zero-order valence-corrected chi connectivity index (χ0v) is 11.3. The summed E-state index contributed by atoms with van der Waals surface area (Å²) in [4.78, 5) is 22.9. The van der Waals surface area contributed by atoms with Gasteiger partial charge in [0.1, 0.15) is 11.8 Å². The van der Waals surface area contributed by atoms with Crippen LogP contribution in [0, 0.1) is 0 Å². The highest BCUT2D eigenvalue weighted by Gasteiger charge is 2.20. The number of carboxylic acid groups (broad SMARTS) is 1. The molecule has 1 amide bonds. The Morgan fingerprint density at radius 2 is 2.15 bits per heavy atom. The van der Waals surface area contributed by atoms with Crippen LogP contribution in [0.2, 0.25) is 0 Å². The van der Waals surface area contributed by atoms with Crippen LogP contribution in [-0.4, -0.2) is 41.3 Å². The van der Waals surface area contributed by atoms with E-state index in [1.54, 1.807) is 24.3 Å². The third-order valence-electron chi connectivity index (χ3n) is 2.59. The van der Waals surface area contributed by atoms with Crippen molar-refractivity contribution in [2.75, 3.05) is 13.2 Å². The fourth-order valence-electron chi connectivity index (χ4n) is 1.58. The molecule has 110 valence electrons. The molecule has 0 aliphatic heterocycles. The summed E-state index contributed by atoms with van der Waals surface area (Å²) in [5.74, 6) is -1.12. The summed E-state index contributed by atoms with van der Waals surface area (Å²) < 4.78 is 5.41. The van der Waals surface area contributed by atoms with Crippen LogP contribution < -0.4 is 10.1 Å². The maximum Gasteiger partial charge on any atom is 0.326 e. The Labute approximate surface area is 117 Å². The monoisotopic (exact) mass is 281 g/mol. The van der Waals surface area contributed by atoms with Crippen molar-refractivity contribution in [1.29, 1.82) is 0 Å². The topological polar surface area (TPSA) is 95.9 Å². The van der Waals surface area contributed by atoms with Gasteiger partial charge in [0.2, 0.25) is 0 Å². The van der Waals surface area contributed by atoms with E-state index in [4.69, 9.17) is 14.9 Å². The molecule has 0 aliphatic carbocycles. The average molecular weight is 281 g/mol. The van der Waals surface area contributed by atoms with Crippen molar-refractivity contribution in [3.8, 4) is 5.75 Å². The first-order valence-electron chi connectivity index (χ1n) is 6.45. The predicted molar refractivity (Wildman–Crippen MR) is 72.8 cm³/mol. The molecule has 1 aromatic rings. The van der Waals surface area contributed by atoms with Gasteiger partial charge >= 0.3 is 5.97 Å². The molecule has 20 heavy (non-hydrogen) atoms. The molecule has 1 rings (SSSR count). The maximum atomic E-state index is 11.9. The number of carboxylic acids is 1. The number of hydrogen-bond donors (Lipinski definition) is 3. The van der Waals surface area contributed by atoms with Gasteiger partial charge in [-0.3, -0.25) is 4.79 Å². The second-order valence-corrected chi connectivity index (χ2v) is 4.25. The largest absolute Gasteiger partial charge is 0.494 e. The predicted octanol–water partition coefficient (Wildman–Crippen LogP) is 1.04. The summed E-state index contributed by atoms with van der Waals surface area (Å²) in [5.41, 5.74) is 0.322. The molecule has 6 heteroatoms. The average Bonchev–Trinajstić information content (AvgIpc) is 2.44. The lowest BCUT2D eigenvalue weighted by Gasteiger charge is -2.13. The lowest BCUT2D eigenvalue weighted by atomic mass is 10.1. The number of amides is 1. The van der Waals surface area contributed by atoms with Crippen LogP contribution in [-0.2, 0) is 4.79 Å². The Balaban J connectivity index is 2.73. The Hall–Kier alpha value is -2.08. The Morgan fingerprint density at radius 1 is 1.40 bits per heavy atom. The van der Waals surface area contributed by atoms with Crippen molar-refractivity contribution in [1.82, 2.24) is 5.32 Å². The van der Waals surface area contributed by atoms with Crippen molar-refractivity contribution >= 4 is 11.9 Å². The van der Waals surface area contributed by atoms with Crippen LogP contribution in [0.4, 0.5) is 0 Å². The number of nitrogens with one attached hydrogen (secondary N) is 1. The molecule has 1 atom stereocenters. The van der Waals surface area contributed by atoms with Gasteiger partial charge in [0, 0.05) is 18.6 Å². The van der Waals surface area contributed by atoms with Crippen LogP contribution >= 0.6 is 0 Å². The molecule has 3 N–H and O–H groups in total. The first kappa shape index (κ1) is 16.0. The highest BCUT2D eigenvalue weighted by molar-refractivity contribution is 5.96. The van der Waals surface area contributed by atoms with E-state index in [2.05, 4.69) is 5.32 Å². The molecule has 0 bridgehead atoms. The van der Waals surface area contributed by atoms with E-state index in [1.165, 1.54) is 0 Å². The highest BCUT2D eigenvalue weighted by Crippen LogP contribution is 2.13. The number of aliphatic hydroxyl groups is 1. The number of aliphatic carboxylic acids is 1. The van der Waals surface area contributed by atoms with Crippen molar-refractivity contribution < 1.29 is 24.5 Å². The Kier molecular flexibility index (Phi) is 6.52. The van der Waals surface area contributed by atoms with Gasteiger partial charge in [-0.1, -0.05) is 13.0 Å². The van der Waals surface area contributed by atoms with Gasteiger partial charge in [-0.2, -0.15) is 0 Å². The minimum absolute atomic E-state index is 0.0346. The molecule has 0 fully saturated rings. The number of carbonyl (C=O) groups is 2. The minimum atomic E-state index is -1.18. The molecule has 0 aliphatic rings. The zero-order valence-electron chi connectivity index (χ0n) is 11.3. The first-order chi connectivity index (χ1) is 9.58. The normalized spacial score (nSPS) is 11.7. The van der Waals surface area contributed by atoms with Gasteiger partial charge in [0.25, 0.3) is 5.91 Å². The Bertz CT molecular complexity index is 461. The summed E-state index contributed by atoms with van der Waals surface area (Å²) in [7, 11) is 0. The lowest BCUT2D eigenvalue weighted by Crippen LogP contribution is -2.41. The zero-order chi connectivity index (χ0) is 15.0. The summed E-state index contributed by atoms with van der Waals surface area (Å²) in [6.07, 6.45) is 0.821. The fraction of sp³-hybridized carbons (Fsp3) is 0.429. The van der Waals surface area contributed by atoms with E-state index in [9.17, 15) is 9.59 Å². The van der Waals surface area contributed by atoms with E-state index in [0.717, 1.165) is 6.42 Å². The number of rotatable bonds is 8. The quantitative estimate of drug-likeness (QED) is 0.661. The first-order valence-corrected chi connectivity index (χ1v) is 6.45. The van der Waals surface area contributed by atoms with Gasteiger partial charge < -0.3 is 20.3 Å². The third kappa shape index (κ3) is 4.89. The van der Waals surface area contributed by atoms with Crippen molar-refractivity contribution in [2.45, 2.75) is 25.8 Å². The number of aliphatic hydroxyl groups excluding tert-OH is 1. The van der Waals surface area contributed by atoms with Gasteiger partial charge in [0.05, 0.1) is 6.61 Å². The minimum Gasteiger partial charge on any atom is -0.494 e. The number of ether oxygens (including phenoxy) is 1. The van der Waals surface area contributed by atoms with Gasteiger partial charge in [-0.05, 0) is 24.6 Å². The summed E-state index contributed by atoms with van der Waals surface area (Å²) in [5, 5.41) is 20.1. The van der Waals surface area contributed by atoms with Crippen LogP contribution in [0.15, 0.2) is 24.3 Å². The molecule has 0 saturated carbocycles. The Morgan fingerprint density at radius 3 is 2.75 bits per heavy atom. The van der Waals surface area contributed by atoms with E-state index in [-0.39, 0.29) is 13.0 Å². The molecule has 0 saturated heterocycles. The lowest BCUT2D eigenvalue weighted by molar-refractivity contribution is -0.139. The molecule has 6 nitrogen and oxygen atoms in total. The fourth-order valence-corrected chi connectivity index (χ4v) is 1.58. The van der Waals surface area contributed by atoms with Crippen LogP contribution in [0.25, 0.3) is 0 Å². The van der Waals surface area contributed by atoms with E-state index < -0.39 is 17.9 Å². The number of hydrogen-bond acceptors (Lipinski definition) is 4. The van der Waals surface area contributed by atoms with Gasteiger partial charge in [0.15, 0.2) is 0 Å². The molecule has 0 aromatic heterocycles. The molecule has 0 radical (unpaired) electrons. The van der Waals surface area contributed by atoms with Gasteiger partial charge in [-0.15, -0.1) is 0 Å². The number of carbonyl (C=O) groups excluding carboxylic acids is 1. The molecule has 0 unspecified atom stereocenters. The van der Waals surface area contributed by atoms with Crippen molar-refractivity contribution in [3.63, 3.8) is 0 Å². The van der Waals surface area contributed by atoms with Crippen molar-refractivity contribution in [2.24, 2.45) is 0 Å². The number of benzene rings is 1. The highest BCUT2D eigenvalue weighted by atomic mass is 16.5. The SMILES string of the molecule is CCCOc1cccc(C(=O)N[C@@H](CCO)C(=O)O)c1. The third-order valence-corrected chi connectivity index (χ3v) is 2.59. The summed E-state index contributed by atoms with van der Waals surface area (Å²) >= 11 is 0. The molecular weight excluding hydrogens is 262 g/mol. The maximum absolute atomic E-state index is 11.9. The summed E-state index contributed by atoms with van der Waals surface area (Å²) in [6.45, 7) is 2.22. The molecule has 0 heterocycles. The van der Waals surface area contributed by atoms with Crippen molar-refractivity contribution in [3.05, 3.63) is 29.8 Å². The van der Waals surface area contributed by atoms with E-state index in [0.29, 0.717) is 17.9 Å². The van der Waals surface area contributed by atoms with Crippen LogP contribution in [0.5, 0.6) is 5.75 Å². The standard InChI is InChI=1S/C14H19NO5/c1-2-8-20-11-5-3-4-10(9-11)13(17)15-12(6-7-16)14(18)19/h3-5,9,12,16H,2,6-8H2,1H3,(H,15,17)(H,18,19)/t12-/m0/s1. The van der Waals surface area contributed by atoms with E-state index in [1.807, 2.05) is 6.92 Å². The summed E-state index contributed by atoms with van der Waals surface area (Å²) in [6, 6.07) is 5.43. The second kappa shape index (κ2) is 8.16. The molecule has 1 aromatic carbocycles. The van der Waals surface area contributed by atoms with Crippen LogP contribution in [0.1, 0.15) is 30.1 Å². The van der Waals surface area contributed by atoms with Crippen LogP contribution in [0.3, 0.4) is 0 Å². The van der Waals surface area contributed by atoms with Gasteiger partial charge in [-0.25, -0.2) is 4.79 Å².